The van der Waals surface area contributed by atoms with E-state index in [4.69, 9.17) is 0 Å². The molecule has 2 N–H and O–H groups in total. The van der Waals surface area contributed by atoms with Crippen molar-refractivity contribution in [2.24, 2.45) is 0 Å². The monoisotopic (exact) mass is 411 g/mol. The van der Waals surface area contributed by atoms with E-state index in [9.17, 15) is 13.2 Å². The predicted molar refractivity (Wildman–Crippen MR) is 111 cm³/mol. The van der Waals surface area contributed by atoms with Crippen molar-refractivity contribution in [3.63, 3.8) is 0 Å². The highest BCUT2D eigenvalue weighted by molar-refractivity contribution is 7.92. The maximum absolute atomic E-state index is 12.9. The fraction of sp³-hybridized carbons (Fsp3) is 0.316. The molecule has 148 valence electrons. The van der Waals surface area contributed by atoms with Crippen LogP contribution in [-0.4, -0.2) is 41.0 Å². The van der Waals surface area contributed by atoms with E-state index >= 15 is 0 Å². The van der Waals surface area contributed by atoms with Gasteiger partial charge < -0.3 is 10.6 Å². The van der Waals surface area contributed by atoms with E-state index < -0.39 is 10.0 Å². The number of benzene rings is 2. The van der Waals surface area contributed by atoms with Crippen LogP contribution in [0, 0.1) is 6.92 Å². The van der Waals surface area contributed by atoms with Crippen molar-refractivity contribution in [3.8, 4) is 0 Å². The van der Waals surface area contributed by atoms with Crippen LogP contribution in [-0.2, 0) is 10.0 Å². The van der Waals surface area contributed by atoms with Crippen LogP contribution in [0.3, 0.4) is 0 Å². The molecule has 0 radical (unpaired) electrons. The van der Waals surface area contributed by atoms with E-state index in [0.717, 1.165) is 12.1 Å². The van der Waals surface area contributed by atoms with Crippen molar-refractivity contribution >= 4 is 34.0 Å². The number of anilines is 1. The van der Waals surface area contributed by atoms with Gasteiger partial charge in [0.1, 0.15) is 0 Å². The maximum atomic E-state index is 12.9. The number of rotatable bonds is 8. The number of carbonyl (C=O) groups is 1. The molecule has 0 aliphatic rings. The van der Waals surface area contributed by atoms with Gasteiger partial charge in [-0.05, 0) is 43.8 Å². The van der Waals surface area contributed by atoms with Crippen LogP contribution >= 0.6 is 12.4 Å². The number of nitrogens with zero attached hydrogens (tertiary/aromatic N) is 1. The molecule has 0 atom stereocenters. The molecular weight excluding hydrogens is 386 g/mol. The molecule has 0 heterocycles. The van der Waals surface area contributed by atoms with E-state index in [2.05, 4.69) is 10.6 Å². The molecule has 6 nitrogen and oxygen atoms in total. The van der Waals surface area contributed by atoms with Crippen LogP contribution in [0.15, 0.2) is 53.4 Å². The molecule has 0 aliphatic heterocycles. The van der Waals surface area contributed by atoms with Crippen molar-refractivity contribution in [3.05, 3.63) is 59.7 Å². The maximum Gasteiger partial charge on any atom is 0.264 e. The highest BCUT2D eigenvalue weighted by atomic mass is 35.5. The van der Waals surface area contributed by atoms with Gasteiger partial charge in [-0.2, -0.15) is 0 Å². The van der Waals surface area contributed by atoms with Gasteiger partial charge in [-0.25, -0.2) is 8.42 Å². The molecule has 0 aliphatic carbocycles. The topological polar surface area (TPSA) is 78.5 Å². The zero-order valence-electron chi connectivity index (χ0n) is 15.7. The molecule has 0 unspecified atom stereocenters. The second-order valence-electron chi connectivity index (χ2n) is 5.95. The van der Waals surface area contributed by atoms with Crippen LogP contribution in [0.2, 0.25) is 0 Å². The molecule has 0 fully saturated rings. The average Bonchev–Trinajstić information content (AvgIpc) is 2.65. The summed E-state index contributed by atoms with van der Waals surface area (Å²) < 4.78 is 27.0. The van der Waals surface area contributed by atoms with Crippen molar-refractivity contribution in [2.45, 2.75) is 18.7 Å². The van der Waals surface area contributed by atoms with E-state index in [1.165, 1.54) is 23.5 Å². The highest BCUT2D eigenvalue weighted by Crippen LogP contribution is 2.23. The molecule has 0 saturated heterocycles. The van der Waals surface area contributed by atoms with Gasteiger partial charge in [-0.1, -0.05) is 30.7 Å². The van der Waals surface area contributed by atoms with Crippen LogP contribution in [0.1, 0.15) is 22.8 Å². The molecule has 1 amide bonds. The Kier molecular flexibility index (Phi) is 8.75. The number of hydrogen-bond acceptors (Lipinski definition) is 4. The number of hydrogen-bond donors (Lipinski definition) is 2. The number of sulfonamides is 1. The number of aryl methyl sites for hydroxylation is 1. The van der Waals surface area contributed by atoms with Gasteiger partial charge in [0.15, 0.2) is 0 Å². The first-order valence-corrected chi connectivity index (χ1v) is 9.95. The molecule has 8 heteroatoms. The van der Waals surface area contributed by atoms with E-state index in [1.54, 1.807) is 24.3 Å². The molecule has 2 aromatic carbocycles. The first-order valence-electron chi connectivity index (χ1n) is 8.51. The van der Waals surface area contributed by atoms with E-state index in [1.807, 2.05) is 26.0 Å². The molecular formula is C19H26ClN3O3S. The Balaban J connectivity index is 0.00000364. The fourth-order valence-corrected chi connectivity index (χ4v) is 3.63. The lowest BCUT2D eigenvalue weighted by atomic mass is 10.2. The van der Waals surface area contributed by atoms with Gasteiger partial charge in [0.25, 0.3) is 15.9 Å². The second kappa shape index (κ2) is 10.3. The van der Waals surface area contributed by atoms with E-state index in [0.29, 0.717) is 24.3 Å². The Morgan fingerprint density at radius 3 is 2.37 bits per heavy atom. The minimum absolute atomic E-state index is 0. The van der Waals surface area contributed by atoms with Crippen molar-refractivity contribution < 1.29 is 13.2 Å². The van der Waals surface area contributed by atoms with Crippen LogP contribution in [0.4, 0.5) is 5.69 Å². The third-order valence-electron chi connectivity index (χ3n) is 3.99. The number of carbonyl (C=O) groups excluding carboxylic acids is 1. The summed E-state index contributed by atoms with van der Waals surface area (Å²) in [6.45, 7) is 5.90. The minimum Gasteiger partial charge on any atom is -0.351 e. The van der Waals surface area contributed by atoms with Gasteiger partial charge in [-0.15, -0.1) is 12.4 Å². The normalized spacial score (nSPS) is 10.8. The molecule has 0 saturated carbocycles. The lowest BCUT2D eigenvalue weighted by Crippen LogP contribution is -2.32. The van der Waals surface area contributed by atoms with Gasteiger partial charge in [0.2, 0.25) is 0 Å². The molecule has 27 heavy (non-hydrogen) atoms. The number of likely N-dealkylation sites (N-methyl/N-ethyl adjacent to an activating group) is 1. The summed E-state index contributed by atoms with van der Waals surface area (Å²) in [4.78, 5) is 12.3. The van der Waals surface area contributed by atoms with Crippen LogP contribution in [0.5, 0.6) is 0 Å². The summed E-state index contributed by atoms with van der Waals surface area (Å²) in [5.41, 5.74) is 1.94. The zero-order valence-corrected chi connectivity index (χ0v) is 17.4. The van der Waals surface area contributed by atoms with Gasteiger partial charge in [0, 0.05) is 25.7 Å². The van der Waals surface area contributed by atoms with Gasteiger partial charge in [0.05, 0.1) is 10.6 Å². The number of nitrogens with one attached hydrogen (secondary N) is 2. The summed E-state index contributed by atoms with van der Waals surface area (Å²) in [7, 11) is -2.25. The third-order valence-corrected chi connectivity index (χ3v) is 5.77. The summed E-state index contributed by atoms with van der Waals surface area (Å²) in [6.07, 6.45) is 0. The average molecular weight is 412 g/mol. The summed E-state index contributed by atoms with van der Waals surface area (Å²) in [6, 6.07) is 13.3. The molecule has 2 rings (SSSR count). The van der Waals surface area contributed by atoms with Crippen molar-refractivity contribution in [1.29, 1.82) is 0 Å². The molecule has 0 bridgehead atoms. The lowest BCUT2D eigenvalue weighted by molar-refractivity contribution is 0.0953. The number of amides is 1. The third kappa shape index (κ3) is 5.95. The Hall–Kier alpha value is -2.09. The van der Waals surface area contributed by atoms with Crippen LogP contribution < -0.4 is 14.9 Å². The standard InChI is InChI=1S/C19H25N3O3S.ClH/c1-4-20-12-13-21-19(23)16-6-5-7-18(14-16)26(24,25)22(3)17-10-8-15(2)9-11-17;/h5-11,14,20H,4,12-13H2,1-3H3,(H,21,23);1H. The first-order chi connectivity index (χ1) is 12.4. The summed E-state index contributed by atoms with van der Waals surface area (Å²) in [5.74, 6) is -0.294. The highest BCUT2D eigenvalue weighted by Gasteiger charge is 2.22. The van der Waals surface area contributed by atoms with Gasteiger partial charge >= 0.3 is 0 Å². The summed E-state index contributed by atoms with van der Waals surface area (Å²) >= 11 is 0. The quantitative estimate of drug-likeness (QED) is 0.654. The second-order valence-corrected chi connectivity index (χ2v) is 7.91. The first kappa shape index (κ1) is 23.0. The largest absolute Gasteiger partial charge is 0.351 e. The fourth-order valence-electron chi connectivity index (χ4n) is 2.39. The number of halogens is 1. The smallest absolute Gasteiger partial charge is 0.264 e. The van der Waals surface area contributed by atoms with Crippen LogP contribution in [0.25, 0.3) is 0 Å². The Morgan fingerprint density at radius 1 is 1.07 bits per heavy atom. The molecule has 0 aromatic heterocycles. The SMILES string of the molecule is CCNCCNC(=O)c1cccc(S(=O)(=O)N(C)c2ccc(C)cc2)c1.Cl. The zero-order chi connectivity index (χ0) is 19.2. The molecule has 0 spiro atoms. The van der Waals surface area contributed by atoms with Gasteiger partial charge in [-0.3, -0.25) is 9.10 Å². The minimum atomic E-state index is -3.75. The predicted octanol–water partition coefficient (Wildman–Crippen LogP) is 2.58. The summed E-state index contributed by atoms with van der Waals surface area (Å²) in [5, 5.41) is 5.88. The molecule has 2 aromatic rings. The lowest BCUT2D eigenvalue weighted by Gasteiger charge is -2.20. The van der Waals surface area contributed by atoms with Crippen molar-refractivity contribution in [1.82, 2.24) is 10.6 Å². The Morgan fingerprint density at radius 2 is 1.74 bits per heavy atom. The van der Waals surface area contributed by atoms with E-state index in [-0.39, 0.29) is 23.2 Å². The Labute approximate surface area is 167 Å². The Bertz CT molecular complexity index is 855. The van der Waals surface area contributed by atoms with Crippen molar-refractivity contribution in [2.75, 3.05) is 31.0 Å².